The number of methoxy groups -OCH3 is 1. The van der Waals surface area contributed by atoms with E-state index in [4.69, 9.17) is 14.2 Å². The summed E-state index contributed by atoms with van der Waals surface area (Å²) in [6.07, 6.45) is 0.859. The molecule has 0 saturated heterocycles. The smallest absolute Gasteiger partial charge is 0.309 e. The Morgan fingerprint density at radius 1 is 1.03 bits per heavy atom. The van der Waals surface area contributed by atoms with Gasteiger partial charge in [-0.25, -0.2) is 4.98 Å². The Morgan fingerprint density at radius 2 is 1.71 bits per heavy atom. The van der Waals surface area contributed by atoms with Crippen molar-refractivity contribution in [2.45, 2.75) is 52.4 Å². The number of pyridine rings is 1. The fourth-order valence-corrected chi connectivity index (χ4v) is 4.56. The third-order valence-electron chi connectivity index (χ3n) is 4.96. The molecule has 184 valence electrons. The minimum atomic E-state index is -0.709. The van der Waals surface area contributed by atoms with Crippen molar-refractivity contribution in [1.29, 1.82) is 0 Å². The van der Waals surface area contributed by atoms with E-state index in [9.17, 15) is 14.4 Å². The molecule has 0 spiro atoms. The number of carbonyl (C=O) groups is 3. The van der Waals surface area contributed by atoms with Gasteiger partial charge in [-0.2, -0.15) is 0 Å². The van der Waals surface area contributed by atoms with Crippen LogP contribution in [0.15, 0.2) is 42.6 Å². The topological polar surface area (TPSA) is 91.8 Å². The first-order valence-electron chi connectivity index (χ1n) is 11.3. The summed E-state index contributed by atoms with van der Waals surface area (Å²) in [5.41, 5.74) is 1.03. The molecule has 0 unspecified atom stereocenters. The summed E-state index contributed by atoms with van der Waals surface area (Å²) in [7, 11) is 1.40. The third kappa shape index (κ3) is 7.87. The number of ketones is 1. The van der Waals surface area contributed by atoms with Crippen LogP contribution in [0.1, 0.15) is 62.3 Å². The van der Waals surface area contributed by atoms with E-state index in [-0.39, 0.29) is 35.0 Å². The lowest BCUT2D eigenvalue weighted by Crippen LogP contribution is -2.26. The average Bonchev–Trinajstić information content (AvgIpc) is 2.79. The second-order valence-electron chi connectivity index (χ2n) is 8.51. The first-order chi connectivity index (χ1) is 16.1. The maximum atomic E-state index is 12.9. The molecule has 8 heteroatoms. The average molecular weight is 488 g/mol. The van der Waals surface area contributed by atoms with Gasteiger partial charge in [0.2, 0.25) is 5.75 Å². The zero-order valence-electron chi connectivity index (χ0n) is 20.6. The largest absolute Gasteiger partial charge is 0.493 e. The molecule has 0 aliphatic rings. The van der Waals surface area contributed by atoms with Crippen molar-refractivity contribution < 1.29 is 28.6 Å². The summed E-state index contributed by atoms with van der Waals surface area (Å²) < 4.78 is 16.1. The van der Waals surface area contributed by atoms with Crippen molar-refractivity contribution in [2.75, 3.05) is 12.9 Å². The fraction of sp³-hybridized carbons (Fsp3) is 0.462. The Kier molecular flexibility index (Phi) is 10.6. The number of nitrogens with zero attached hydrogens (tertiary/aromatic N) is 1. The number of rotatable bonds is 12. The Balaban J connectivity index is 2.11. The quantitative estimate of drug-likeness (QED) is 0.295. The van der Waals surface area contributed by atoms with Crippen LogP contribution in [0.4, 0.5) is 0 Å². The number of ether oxygens (including phenoxy) is 3. The summed E-state index contributed by atoms with van der Waals surface area (Å²) in [6.45, 7) is 9.03. The van der Waals surface area contributed by atoms with E-state index in [0.29, 0.717) is 5.92 Å². The monoisotopic (exact) mass is 487 g/mol. The van der Waals surface area contributed by atoms with Crippen LogP contribution in [-0.4, -0.2) is 41.7 Å². The Bertz CT molecular complexity index is 979. The fourth-order valence-electron chi connectivity index (χ4n) is 3.29. The number of aromatic nitrogens is 1. The minimum Gasteiger partial charge on any atom is -0.493 e. The molecule has 0 aliphatic heterocycles. The summed E-state index contributed by atoms with van der Waals surface area (Å²) in [4.78, 5) is 41.3. The van der Waals surface area contributed by atoms with Gasteiger partial charge in [0.1, 0.15) is 6.10 Å². The van der Waals surface area contributed by atoms with Crippen LogP contribution in [0, 0.1) is 11.8 Å². The second-order valence-corrected chi connectivity index (χ2v) is 9.69. The predicted octanol–water partition coefficient (Wildman–Crippen LogP) is 5.29. The van der Waals surface area contributed by atoms with Gasteiger partial charge in [0.25, 0.3) is 0 Å². The van der Waals surface area contributed by atoms with Crippen LogP contribution in [0.25, 0.3) is 0 Å². The third-order valence-corrected chi connectivity index (χ3v) is 6.83. The number of hydrogen-bond donors (Lipinski definition) is 0. The summed E-state index contributed by atoms with van der Waals surface area (Å²) in [5.74, 6) is -0.638. The van der Waals surface area contributed by atoms with Gasteiger partial charge in [-0.1, -0.05) is 51.1 Å². The number of Topliss-reactive ketones (excluding diaryl/α,β-unsaturated/α-hetero) is 1. The molecule has 0 N–H and O–H groups in total. The van der Waals surface area contributed by atoms with E-state index in [0.717, 1.165) is 11.3 Å². The van der Waals surface area contributed by atoms with Crippen molar-refractivity contribution in [3.05, 3.63) is 53.9 Å². The van der Waals surface area contributed by atoms with Crippen LogP contribution in [0.5, 0.6) is 11.5 Å². The zero-order chi connectivity index (χ0) is 25.3. The highest BCUT2D eigenvalue weighted by Gasteiger charge is 2.29. The van der Waals surface area contributed by atoms with Crippen molar-refractivity contribution >= 4 is 29.5 Å². The molecule has 0 saturated carbocycles. The van der Waals surface area contributed by atoms with Gasteiger partial charge in [0.05, 0.1) is 18.3 Å². The van der Waals surface area contributed by atoms with Gasteiger partial charge < -0.3 is 14.2 Å². The Labute approximate surface area is 205 Å². The lowest BCUT2D eigenvalue weighted by Gasteiger charge is -2.26. The highest BCUT2D eigenvalue weighted by molar-refractivity contribution is 7.99. The van der Waals surface area contributed by atoms with E-state index in [1.54, 1.807) is 18.7 Å². The number of carbonyl (C=O) groups excluding carboxylic acids is 3. The lowest BCUT2D eigenvalue weighted by molar-refractivity contribution is -0.152. The van der Waals surface area contributed by atoms with Crippen molar-refractivity contribution in [2.24, 2.45) is 11.8 Å². The Morgan fingerprint density at radius 3 is 2.29 bits per heavy atom. The highest BCUT2D eigenvalue weighted by Crippen LogP contribution is 2.35. The van der Waals surface area contributed by atoms with Crippen molar-refractivity contribution in [3.63, 3.8) is 0 Å². The summed E-state index contributed by atoms with van der Waals surface area (Å²) in [6, 6.07) is 11.4. The van der Waals surface area contributed by atoms with Crippen molar-refractivity contribution in [3.8, 4) is 11.5 Å². The molecular formula is C26H33NO6S. The predicted molar refractivity (Wildman–Crippen MR) is 132 cm³/mol. The molecule has 34 heavy (non-hydrogen) atoms. The molecule has 0 radical (unpaired) electrons. The lowest BCUT2D eigenvalue weighted by atomic mass is 10.0. The van der Waals surface area contributed by atoms with Crippen LogP contribution in [0.3, 0.4) is 0 Å². The van der Waals surface area contributed by atoms with Crippen LogP contribution < -0.4 is 9.47 Å². The minimum absolute atomic E-state index is 0.0222. The van der Waals surface area contributed by atoms with E-state index >= 15 is 0 Å². The van der Waals surface area contributed by atoms with Gasteiger partial charge in [0, 0.05) is 25.6 Å². The molecule has 7 nitrogen and oxygen atoms in total. The normalized spacial score (nSPS) is 13.6. The van der Waals surface area contributed by atoms with Gasteiger partial charge in [-0.05, 0) is 24.2 Å². The van der Waals surface area contributed by atoms with Crippen LogP contribution >= 0.6 is 11.8 Å². The number of thioether (sulfide) groups is 1. The first kappa shape index (κ1) is 27.4. The molecule has 0 aliphatic carbocycles. The molecule has 1 heterocycles. The van der Waals surface area contributed by atoms with E-state index in [2.05, 4.69) is 18.8 Å². The van der Waals surface area contributed by atoms with E-state index in [1.165, 1.54) is 26.3 Å². The summed E-state index contributed by atoms with van der Waals surface area (Å²) >= 11 is 1.75. The van der Waals surface area contributed by atoms with Crippen LogP contribution in [0.2, 0.25) is 0 Å². The van der Waals surface area contributed by atoms with Gasteiger partial charge in [-0.3, -0.25) is 14.4 Å². The van der Waals surface area contributed by atoms with E-state index in [1.807, 2.05) is 37.3 Å². The molecule has 0 fully saturated rings. The molecule has 1 aromatic carbocycles. The molecule has 3 atom stereocenters. The van der Waals surface area contributed by atoms with Crippen molar-refractivity contribution in [1.82, 2.24) is 4.98 Å². The van der Waals surface area contributed by atoms with Gasteiger partial charge in [0.15, 0.2) is 17.2 Å². The summed E-state index contributed by atoms with van der Waals surface area (Å²) in [5, 5.41) is -0.0222. The van der Waals surface area contributed by atoms with E-state index < -0.39 is 23.6 Å². The molecule has 0 bridgehead atoms. The number of esters is 2. The molecule has 1 aromatic heterocycles. The van der Waals surface area contributed by atoms with Crippen LogP contribution in [-0.2, 0) is 14.3 Å². The second kappa shape index (κ2) is 13.1. The number of hydrogen-bond acceptors (Lipinski definition) is 8. The maximum Gasteiger partial charge on any atom is 0.309 e. The molecule has 0 amide bonds. The number of benzene rings is 1. The molecule has 2 rings (SSSR count). The highest BCUT2D eigenvalue weighted by atomic mass is 32.2. The molecule has 2 aromatic rings. The molecular weight excluding hydrogens is 454 g/mol. The standard InChI is InChI=1S/C26H33NO6S/c1-16(2)15-34-25(20-10-8-7-9-11-20)18(4)32-26(30)17(3)14-21(29)23-24(33-19(5)28)22(31-6)12-13-27-23/h7-13,16-18,25H,14-15H2,1-6H3/t17-,18+,25+/m1/s1. The first-order valence-corrected chi connectivity index (χ1v) is 12.3. The SMILES string of the molecule is COc1ccnc(C(=O)C[C@@H](C)C(=O)O[C@@H](C)[C@H](SCC(C)C)c2ccccc2)c1OC(C)=O. The van der Waals surface area contributed by atoms with Gasteiger partial charge in [-0.15, -0.1) is 11.8 Å². The zero-order valence-corrected chi connectivity index (χ0v) is 21.4. The Hall–Kier alpha value is -2.87. The van der Waals surface area contributed by atoms with Gasteiger partial charge >= 0.3 is 11.9 Å². The maximum absolute atomic E-state index is 12.9.